The van der Waals surface area contributed by atoms with E-state index in [0.29, 0.717) is 4.99 Å². The lowest BCUT2D eigenvalue weighted by Gasteiger charge is -2.29. The van der Waals surface area contributed by atoms with E-state index in [0.717, 1.165) is 37.1 Å². The summed E-state index contributed by atoms with van der Waals surface area (Å²) in [4.78, 5) is 14.7. The number of fused-ring (bicyclic) bond motifs is 2. The van der Waals surface area contributed by atoms with E-state index in [9.17, 15) is 4.79 Å². The minimum absolute atomic E-state index is 0.165. The average Bonchev–Trinajstić information content (AvgIpc) is 2.91. The number of hydrogen-bond acceptors (Lipinski definition) is 2. The summed E-state index contributed by atoms with van der Waals surface area (Å²) >= 11 is 5.06. The fourth-order valence-electron chi connectivity index (χ4n) is 4.09. The highest BCUT2D eigenvalue weighted by Crippen LogP contribution is 2.50. The molecule has 0 spiro atoms. The Hall–Kier alpha value is -0.640. The summed E-state index contributed by atoms with van der Waals surface area (Å²) in [5.74, 6) is 2.69. The monoisotopic (exact) mass is 266 g/mol. The van der Waals surface area contributed by atoms with Crippen LogP contribution in [-0.4, -0.2) is 29.4 Å². The Morgan fingerprint density at radius 2 is 2.11 bits per heavy atom. The van der Waals surface area contributed by atoms with Gasteiger partial charge in [-0.1, -0.05) is 18.6 Å². The molecule has 4 heteroatoms. The first-order chi connectivity index (χ1) is 8.53. The number of thiocarbonyl (C=S) groups is 1. The van der Waals surface area contributed by atoms with Crippen LogP contribution in [0, 0.1) is 23.2 Å². The molecule has 0 aromatic rings. The van der Waals surface area contributed by atoms with Crippen molar-refractivity contribution in [2.75, 3.05) is 13.6 Å². The van der Waals surface area contributed by atoms with E-state index in [-0.39, 0.29) is 5.91 Å². The van der Waals surface area contributed by atoms with Crippen LogP contribution in [0.5, 0.6) is 0 Å². The van der Waals surface area contributed by atoms with Crippen LogP contribution in [0.1, 0.15) is 38.5 Å². The minimum atomic E-state index is -0.471. The summed E-state index contributed by atoms with van der Waals surface area (Å²) in [6.45, 7) is 0.907. The predicted octanol–water partition coefficient (Wildman–Crippen LogP) is 1.95. The van der Waals surface area contributed by atoms with E-state index in [1.54, 1.807) is 0 Å². The molecule has 2 N–H and O–H groups in total. The predicted molar refractivity (Wildman–Crippen MR) is 75.0 cm³/mol. The Bertz CT molecular complexity index is 391. The van der Waals surface area contributed by atoms with Gasteiger partial charge in [0, 0.05) is 13.6 Å². The van der Waals surface area contributed by atoms with Gasteiger partial charge in [0.1, 0.15) is 0 Å². The van der Waals surface area contributed by atoms with E-state index in [1.807, 2.05) is 11.9 Å². The van der Waals surface area contributed by atoms with Crippen LogP contribution in [0.2, 0.25) is 0 Å². The molecule has 0 aromatic heterocycles. The van der Waals surface area contributed by atoms with Gasteiger partial charge in [-0.3, -0.25) is 4.79 Å². The molecule has 0 heterocycles. The summed E-state index contributed by atoms with van der Waals surface area (Å²) < 4.78 is 0. The first-order valence-electron chi connectivity index (χ1n) is 7.08. The van der Waals surface area contributed by atoms with E-state index in [4.69, 9.17) is 18.0 Å². The normalized spacial score (nSPS) is 35.5. The van der Waals surface area contributed by atoms with E-state index in [1.165, 1.54) is 25.7 Å². The van der Waals surface area contributed by atoms with E-state index >= 15 is 0 Å². The van der Waals surface area contributed by atoms with Crippen molar-refractivity contribution in [1.82, 2.24) is 4.90 Å². The van der Waals surface area contributed by atoms with Gasteiger partial charge in [-0.05, 0) is 49.9 Å². The molecule has 100 valence electrons. The molecule has 3 aliphatic carbocycles. The Labute approximate surface area is 114 Å². The van der Waals surface area contributed by atoms with Gasteiger partial charge in [0.05, 0.1) is 10.4 Å². The highest BCUT2D eigenvalue weighted by atomic mass is 32.1. The number of rotatable bonds is 4. The minimum Gasteiger partial charge on any atom is -0.392 e. The van der Waals surface area contributed by atoms with E-state index in [2.05, 4.69) is 0 Å². The first kappa shape index (κ1) is 12.4. The summed E-state index contributed by atoms with van der Waals surface area (Å²) in [7, 11) is 1.92. The lowest BCUT2D eigenvalue weighted by atomic mass is 9.88. The summed E-state index contributed by atoms with van der Waals surface area (Å²) in [6.07, 6.45) is 7.20. The third kappa shape index (κ3) is 1.85. The zero-order valence-corrected chi connectivity index (χ0v) is 11.8. The first-order valence-corrected chi connectivity index (χ1v) is 7.49. The second kappa shape index (κ2) is 4.19. The van der Waals surface area contributed by atoms with Gasteiger partial charge in [-0.2, -0.15) is 0 Å². The number of hydrogen-bond donors (Lipinski definition) is 1. The van der Waals surface area contributed by atoms with Crippen molar-refractivity contribution in [3.05, 3.63) is 0 Å². The molecule has 3 aliphatic rings. The molecular weight excluding hydrogens is 244 g/mol. The van der Waals surface area contributed by atoms with Crippen LogP contribution in [0.15, 0.2) is 0 Å². The highest BCUT2D eigenvalue weighted by Gasteiger charge is 2.54. The maximum Gasteiger partial charge on any atom is 0.235 e. The third-order valence-corrected chi connectivity index (χ3v) is 5.76. The standard InChI is InChI=1S/C14H22N2OS/c1-16(13(17)14(4-5-14)12(15)18)8-11-7-9-2-3-10(11)6-9/h9-11H,2-8H2,1H3,(H2,15,18). The summed E-state index contributed by atoms with van der Waals surface area (Å²) in [5, 5.41) is 0. The number of amides is 1. The van der Waals surface area contributed by atoms with Crippen molar-refractivity contribution in [1.29, 1.82) is 0 Å². The topological polar surface area (TPSA) is 46.3 Å². The van der Waals surface area contributed by atoms with Crippen molar-refractivity contribution < 1.29 is 4.79 Å². The largest absolute Gasteiger partial charge is 0.392 e. The number of carbonyl (C=O) groups excluding carboxylic acids is 1. The molecule has 3 unspecified atom stereocenters. The van der Waals surface area contributed by atoms with Crippen molar-refractivity contribution in [2.45, 2.75) is 38.5 Å². The lowest BCUT2D eigenvalue weighted by molar-refractivity contribution is -0.133. The Kier molecular flexibility index (Phi) is 2.88. The molecule has 0 aromatic carbocycles. The van der Waals surface area contributed by atoms with Gasteiger partial charge in [0.25, 0.3) is 0 Å². The average molecular weight is 266 g/mol. The second-order valence-electron chi connectivity index (χ2n) is 6.57. The molecule has 3 rings (SSSR count). The summed E-state index contributed by atoms with van der Waals surface area (Å²) in [6, 6.07) is 0. The maximum atomic E-state index is 12.4. The molecule has 0 radical (unpaired) electrons. The van der Waals surface area contributed by atoms with Gasteiger partial charge in [-0.15, -0.1) is 0 Å². The van der Waals surface area contributed by atoms with Crippen molar-refractivity contribution >= 4 is 23.1 Å². The smallest absolute Gasteiger partial charge is 0.235 e. The molecule has 2 bridgehead atoms. The SMILES string of the molecule is CN(CC1CC2CCC1C2)C(=O)C1(C(N)=S)CC1. The van der Waals surface area contributed by atoms with Crippen LogP contribution < -0.4 is 5.73 Å². The van der Waals surface area contributed by atoms with Crippen LogP contribution in [-0.2, 0) is 4.79 Å². The lowest BCUT2D eigenvalue weighted by Crippen LogP contribution is -2.43. The Morgan fingerprint density at radius 1 is 1.39 bits per heavy atom. The molecule has 3 nitrogen and oxygen atoms in total. The zero-order valence-electron chi connectivity index (χ0n) is 11.0. The van der Waals surface area contributed by atoms with Gasteiger partial charge >= 0.3 is 0 Å². The molecule has 18 heavy (non-hydrogen) atoms. The molecule has 3 atom stereocenters. The molecule has 1 amide bonds. The van der Waals surface area contributed by atoms with Crippen LogP contribution in [0.4, 0.5) is 0 Å². The molecule has 3 fully saturated rings. The third-order valence-electron chi connectivity index (χ3n) is 5.37. The fourth-order valence-corrected chi connectivity index (χ4v) is 4.38. The molecule has 0 aliphatic heterocycles. The Morgan fingerprint density at radius 3 is 2.56 bits per heavy atom. The van der Waals surface area contributed by atoms with Crippen molar-refractivity contribution in [3.63, 3.8) is 0 Å². The fraction of sp³-hybridized carbons (Fsp3) is 0.857. The maximum absolute atomic E-state index is 12.4. The van der Waals surface area contributed by atoms with E-state index < -0.39 is 5.41 Å². The quantitative estimate of drug-likeness (QED) is 0.791. The van der Waals surface area contributed by atoms with Crippen LogP contribution >= 0.6 is 12.2 Å². The van der Waals surface area contributed by atoms with Gasteiger partial charge in [-0.25, -0.2) is 0 Å². The van der Waals surface area contributed by atoms with Crippen molar-refractivity contribution in [3.8, 4) is 0 Å². The number of nitrogens with zero attached hydrogens (tertiary/aromatic N) is 1. The van der Waals surface area contributed by atoms with Gasteiger partial charge in [0.2, 0.25) is 5.91 Å². The van der Waals surface area contributed by atoms with Crippen LogP contribution in [0.3, 0.4) is 0 Å². The Balaban J connectivity index is 1.60. The zero-order chi connectivity index (χ0) is 12.9. The van der Waals surface area contributed by atoms with Gasteiger partial charge in [0.15, 0.2) is 0 Å². The summed E-state index contributed by atoms with van der Waals surface area (Å²) in [5.41, 5.74) is 5.25. The van der Waals surface area contributed by atoms with Gasteiger partial charge < -0.3 is 10.6 Å². The number of nitrogens with two attached hydrogens (primary N) is 1. The molecular formula is C14H22N2OS. The highest BCUT2D eigenvalue weighted by molar-refractivity contribution is 7.80. The number of carbonyl (C=O) groups is 1. The molecule has 3 saturated carbocycles. The molecule has 0 saturated heterocycles. The second-order valence-corrected chi connectivity index (χ2v) is 7.01. The van der Waals surface area contributed by atoms with Crippen molar-refractivity contribution in [2.24, 2.45) is 28.9 Å². The van der Waals surface area contributed by atoms with Crippen LogP contribution in [0.25, 0.3) is 0 Å².